The molecule has 1 fully saturated rings. The van der Waals surface area contributed by atoms with Crippen molar-refractivity contribution in [1.82, 2.24) is 9.88 Å². The number of benzene rings is 2. The summed E-state index contributed by atoms with van der Waals surface area (Å²) in [5, 5.41) is 0.299. The molecule has 0 N–H and O–H groups in total. The number of thiazole rings is 1. The maximum Gasteiger partial charge on any atom is 0.274 e. The first-order valence-electron chi connectivity index (χ1n) is 9.78. The Hall–Kier alpha value is -2.87. The number of ether oxygens (including phenoxy) is 1. The second kappa shape index (κ2) is 8.87. The minimum Gasteiger partial charge on any atom is -0.467 e. The number of halogens is 2. The van der Waals surface area contributed by atoms with E-state index in [2.05, 4.69) is 4.98 Å². The largest absolute Gasteiger partial charge is 0.467 e. The molecule has 0 spiro atoms. The summed E-state index contributed by atoms with van der Waals surface area (Å²) in [6, 6.07) is 11.0. The third-order valence-electron chi connectivity index (χ3n) is 5.12. The molecule has 1 aliphatic rings. The normalized spacial score (nSPS) is 14.8. The first kappa shape index (κ1) is 20.4. The molecule has 1 aliphatic heterocycles. The van der Waals surface area contributed by atoms with Crippen molar-refractivity contribution in [3.05, 3.63) is 59.7 Å². The Morgan fingerprint density at radius 2 is 1.83 bits per heavy atom. The van der Waals surface area contributed by atoms with Crippen LogP contribution in [0.25, 0.3) is 10.2 Å². The monoisotopic (exact) mass is 430 g/mol. The molecule has 1 aromatic heterocycles. The first-order valence-corrected chi connectivity index (χ1v) is 10.6. The summed E-state index contributed by atoms with van der Waals surface area (Å²) < 4.78 is 33.4. The number of aromatic nitrogens is 1. The van der Waals surface area contributed by atoms with Crippen LogP contribution in [-0.4, -0.2) is 40.8 Å². The topological polar surface area (TPSA) is 59.5 Å². The van der Waals surface area contributed by atoms with Crippen LogP contribution in [0.15, 0.2) is 42.5 Å². The van der Waals surface area contributed by atoms with Crippen molar-refractivity contribution < 1.29 is 23.1 Å². The SMILES string of the molecule is O=C(CCC(=O)N1CCC(Oc2nc3c(F)cc(F)cc3s2)CC1)c1ccccc1. The third-order valence-corrected chi connectivity index (χ3v) is 6.01. The van der Waals surface area contributed by atoms with Gasteiger partial charge in [0.15, 0.2) is 11.6 Å². The summed E-state index contributed by atoms with van der Waals surface area (Å²) in [5.41, 5.74) is 0.719. The molecule has 0 unspecified atom stereocenters. The molecule has 4 rings (SSSR count). The van der Waals surface area contributed by atoms with E-state index in [-0.39, 0.29) is 36.2 Å². The van der Waals surface area contributed by atoms with Crippen molar-refractivity contribution in [1.29, 1.82) is 0 Å². The van der Waals surface area contributed by atoms with Crippen LogP contribution in [0.3, 0.4) is 0 Å². The fourth-order valence-corrected chi connectivity index (χ4v) is 4.42. The Morgan fingerprint density at radius 1 is 1.10 bits per heavy atom. The van der Waals surface area contributed by atoms with Crippen LogP contribution in [0.1, 0.15) is 36.0 Å². The highest BCUT2D eigenvalue weighted by Crippen LogP contribution is 2.32. The van der Waals surface area contributed by atoms with Gasteiger partial charge in [0.05, 0.1) is 4.70 Å². The van der Waals surface area contributed by atoms with Crippen LogP contribution in [0, 0.1) is 11.6 Å². The summed E-state index contributed by atoms with van der Waals surface area (Å²) in [6.07, 6.45) is 1.46. The molecule has 30 heavy (non-hydrogen) atoms. The molecule has 0 saturated carbocycles. The number of rotatable bonds is 6. The Bertz CT molecular complexity index is 1060. The number of amides is 1. The average molecular weight is 430 g/mol. The zero-order chi connectivity index (χ0) is 21.1. The van der Waals surface area contributed by atoms with Gasteiger partial charge in [-0.1, -0.05) is 41.7 Å². The number of fused-ring (bicyclic) bond motifs is 1. The standard InChI is InChI=1S/C22H20F2N2O3S/c23-15-12-17(24)21-19(13-15)30-22(25-21)29-16-8-10-26(11-9-16)20(28)7-6-18(27)14-4-2-1-3-5-14/h1-5,12-13,16H,6-11H2. The summed E-state index contributed by atoms with van der Waals surface area (Å²) in [6.45, 7) is 1.05. The Kier molecular flexibility index (Phi) is 6.03. The van der Waals surface area contributed by atoms with E-state index in [1.165, 1.54) is 6.07 Å². The van der Waals surface area contributed by atoms with Crippen LogP contribution in [0.5, 0.6) is 5.19 Å². The van der Waals surface area contributed by atoms with Gasteiger partial charge in [-0.25, -0.2) is 8.78 Å². The second-order valence-electron chi connectivity index (χ2n) is 7.20. The molecule has 156 valence electrons. The van der Waals surface area contributed by atoms with E-state index in [1.54, 1.807) is 29.2 Å². The molecule has 0 aliphatic carbocycles. The van der Waals surface area contributed by atoms with Gasteiger partial charge in [0.1, 0.15) is 17.4 Å². The van der Waals surface area contributed by atoms with E-state index in [4.69, 9.17) is 4.74 Å². The lowest BCUT2D eigenvalue weighted by Gasteiger charge is -2.31. The lowest BCUT2D eigenvalue weighted by molar-refractivity contribution is -0.132. The van der Waals surface area contributed by atoms with Crippen LogP contribution in [-0.2, 0) is 4.79 Å². The number of Topliss-reactive ketones (excluding diaryl/α,β-unsaturated/α-hetero) is 1. The van der Waals surface area contributed by atoms with Crippen molar-refractivity contribution >= 4 is 33.2 Å². The fraction of sp³-hybridized carbons (Fsp3) is 0.318. The van der Waals surface area contributed by atoms with Gasteiger partial charge in [-0.2, -0.15) is 4.98 Å². The molecule has 0 bridgehead atoms. The third kappa shape index (κ3) is 4.64. The van der Waals surface area contributed by atoms with Crippen molar-refractivity contribution in [2.75, 3.05) is 13.1 Å². The highest BCUT2D eigenvalue weighted by atomic mass is 32.1. The molecular weight excluding hydrogens is 410 g/mol. The van der Waals surface area contributed by atoms with E-state index in [0.717, 1.165) is 17.4 Å². The minimum atomic E-state index is -0.707. The number of hydrogen-bond acceptors (Lipinski definition) is 5. The van der Waals surface area contributed by atoms with Gasteiger partial charge in [0, 0.05) is 50.4 Å². The minimum absolute atomic E-state index is 0.0401. The summed E-state index contributed by atoms with van der Waals surface area (Å²) >= 11 is 1.10. The number of likely N-dealkylation sites (tertiary alicyclic amines) is 1. The molecule has 1 saturated heterocycles. The van der Waals surface area contributed by atoms with Gasteiger partial charge >= 0.3 is 0 Å². The lowest BCUT2D eigenvalue weighted by Crippen LogP contribution is -2.41. The fourth-order valence-electron chi connectivity index (χ4n) is 3.50. The van der Waals surface area contributed by atoms with Gasteiger partial charge in [0.25, 0.3) is 5.19 Å². The summed E-state index contributed by atoms with van der Waals surface area (Å²) in [7, 11) is 0. The summed E-state index contributed by atoms with van der Waals surface area (Å²) in [5.74, 6) is -1.44. The number of carbonyl (C=O) groups excluding carboxylic acids is 2. The first-order chi connectivity index (χ1) is 14.5. The molecular formula is C22H20F2N2O3S. The van der Waals surface area contributed by atoms with E-state index < -0.39 is 11.6 Å². The number of ketones is 1. The average Bonchev–Trinajstić information content (AvgIpc) is 3.15. The van der Waals surface area contributed by atoms with Crippen LogP contribution in [0.4, 0.5) is 8.78 Å². The molecule has 8 heteroatoms. The van der Waals surface area contributed by atoms with Crippen molar-refractivity contribution in [3.8, 4) is 5.19 Å². The van der Waals surface area contributed by atoms with E-state index >= 15 is 0 Å². The molecule has 0 atom stereocenters. The van der Waals surface area contributed by atoms with Crippen molar-refractivity contribution in [2.45, 2.75) is 31.8 Å². The predicted molar refractivity (Wildman–Crippen MR) is 110 cm³/mol. The van der Waals surface area contributed by atoms with Gasteiger partial charge in [-0.05, 0) is 6.07 Å². The van der Waals surface area contributed by atoms with E-state index in [9.17, 15) is 18.4 Å². The molecule has 3 aromatic rings. The Labute approximate surface area is 176 Å². The predicted octanol–water partition coefficient (Wildman–Crippen LogP) is 4.61. The molecule has 2 heterocycles. The molecule has 1 amide bonds. The van der Waals surface area contributed by atoms with E-state index in [0.29, 0.717) is 41.4 Å². The second-order valence-corrected chi connectivity index (χ2v) is 8.19. The zero-order valence-electron chi connectivity index (χ0n) is 16.1. The molecule has 2 aromatic carbocycles. The summed E-state index contributed by atoms with van der Waals surface area (Å²) in [4.78, 5) is 30.4. The van der Waals surface area contributed by atoms with Crippen LogP contribution >= 0.6 is 11.3 Å². The molecule has 0 radical (unpaired) electrons. The van der Waals surface area contributed by atoms with Gasteiger partial charge in [0.2, 0.25) is 5.91 Å². The van der Waals surface area contributed by atoms with Crippen molar-refractivity contribution in [2.24, 2.45) is 0 Å². The van der Waals surface area contributed by atoms with Gasteiger partial charge in [-0.15, -0.1) is 0 Å². The van der Waals surface area contributed by atoms with Crippen LogP contribution < -0.4 is 4.74 Å². The maximum absolute atomic E-state index is 13.8. The Morgan fingerprint density at radius 3 is 2.57 bits per heavy atom. The number of hydrogen-bond donors (Lipinski definition) is 0. The number of nitrogens with zero attached hydrogens (tertiary/aromatic N) is 2. The highest BCUT2D eigenvalue weighted by molar-refractivity contribution is 7.20. The Balaban J connectivity index is 1.27. The van der Waals surface area contributed by atoms with Crippen LogP contribution in [0.2, 0.25) is 0 Å². The van der Waals surface area contributed by atoms with E-state index in [1.807, 2.05) is 6.07 Å². The lowest BCUT2D eigenvalue weighted by atomic mass is 10.0. The zero-order valence-corrected chi connectivity index (χ0v) is 17.0. The molecule has 5 nitrogen and oxygen atoms in total. The number of carbonyl (C=O) groups is 2. The van der Waals surface area contributed by atoms with Gasteiger partial charge < -0.3 is 9.64 Å². The van der Waals surface area contributed by atoms with Crippen molar-refractivity contribution in [3.63, 3.8) is 0 Å². The smallest absolute Gasteiger partial charge is 0.274 e. The van der Waals surface area contributed by atoms with Gasteiger partial charge in [-0.3, -0.25) is 9.59 Å². The maximum atomic E-state index is 13.8. The highest BCUT2D eigenvalue weighted by Gasteiger charge is 2.25. The number of piperidine rings is 1. The quantitative estimate of drug-likeness (QED) is 0.536.